The molecule has 20 heavy (non-hydrogen) atoms. The summed E-state index contributed by atoms with van der Waals surface area (Å²) in [6.45, 7) is 9.40. The van der Waals surface area contributed by atoms with E-state index in [0.717, 1.165) is 33.8 Å². The Balaban J connectivity index is 3.00. The van der Waals surface area contributed by atoms with Crippen molar-refractivity contribution in [2.45, 2.75) is 40.5 Å². The zero-order valence-corrected chi connectivity index (χ0v) is 13.0. The van der Waals surface area contributed by atoms with E-state index in [1.807, 2.05) is 27.7 Å². The van der Waals surface area contributed by atoms with E-state index in [1.165, 1.54) is 0 Å². The van der Waals surface area contributed by atoms with Gasteiger partial charge >= 0.3 is 0 Å². The van der Waals surface area contributed by atoms with Gasteiger partial charge in [-0.25, -0.2) is 0 Å². The number of ether oxygens (including phenoxy) is 2. The number of rotatable bonds is 8. The number of hydrogen-bond acceptors (Lipinski definition) is 4. The maximum Gasteiger partial charge on any atom is 0.125 e. The Morgan fingerprint density at radius 1 is 0.650 bits per heavy atom. The minimum absolute atomic E-state index is 0.137. The number of benzene rings is 1. The first kappa shape index (κ1) is 16.8. The van der Waals surface area contributed by atoms with E-state index >= 15 is 0 Å². The van der Waals surface area contributed by atoms with Crippen LogP contribution in [0.15, 0.2) is 0 Å². The summed E-state index contributed by atoms with van der Waals surface area (Å²) >= 11 is 0. The molecule has 0 aliphatic rings. The Labute approximate surface area is 121 Å². The Bertz CT molecular complexity index is 371. The van der Waals surface area contributed by atoms with Crippen LogP contribution in [0.4, 0.5) is 0 Å². The molecule has 0 aliphatic carbocycles. The molecule has 0 atom stereocenters. The average Bonchev–Trinajstić information content (AvgIpc) is 2.44. The average molecular weight is 282 g/mol. The molecular weight excluding hydrogens is 256 g/mol. The van der Waals surface area contributed by atoms with E-state index in [4.69, 9.17) is 19.7 Å². The fourth-order valence-corrected chi connectivity index (χ4v) is 2.15. The lowest BCUT2D eigenvalue weighted by atomic mass is 9.98. The highest BCUT2D eigenvalue weighted by atomic mass is 16.5. The lowest BCUT2D eigenvalue weighted by Gasteiger charge is -2.21. The molecule has 0 heterocycles. The van der Waals surface area contributed by atoms with Gasteiger partial charge in [-0.15, -0.1) is 0 Å². The molecule has 1 aromatic carbocycles. The van der Waals surface area contributed by atoms with E-state index in [-0.39, 0.29) is 13.2 Å². The highest BCUT2D eigenvalue weighted by molar-refractivity contribution is 5.57. The summed E-state index contributed by atoms with van der Waals surface area (Å²) in [6, 6.07) is 0. The predicted octanol–water partition coefficient (Wildman–Crippen LogP) is 2.44. The molecule has 4 heteroatoms. The van der Waals surface area contributed by atoms with Gasteiger partial charge in [-0.3, -0.25) is 0 Å². The first-order valence-electron chi connectivity index (χ1n) is 7.12. The maximum atomic E-state index is 8.84. The van der Waals surface area contributed by atoms with E-state index < -0.39 is 0 Å². The van der Waals surface area contributed by atoms with Gasteiger partial charge in [0.15, 0.2) is 0 Å². The maximum absolute atomic E-state index is 8.84. The Kier molecular flexibility index (Phi) is 6.82. The van der Waals surface area contributed by atoms with Gasteiger partial charge in [0.25, 0.3) is 0 Å². The standard InChI is InChI=1S/C16H26O4/c1-11-12(2)16(20-10-6-8-18)14(4)13(3)15(11)19-9-5-7-17/h17-18H,5-10H2,1-4H3. The van der Waals surface area contributed by atoms with Crippen molar-refractivity contribution in [3.05, 3.63) is 22.3 Å². The summed E-state index contributed by atoms with van der Waals surface area (Å²) in [5.41, 5.74) is 4.30. The van der Waals surface area contributed by atoms with Gasteiger partial charge in [0.2, 0.25) is 0 Å². The molecule has 4 nitrogen and oxygen atoms in total. The Morgan fingerprint density at radius 3 is 1.20 bits per heavy atom. The van der Waals surface area contributed by atoms with Gasteiger partial charge in [0.1, 0.15) is 11.5 Å². The van der Waals surface area contributed by atoms with Crippen molar-refractivity contribution < 1.29 is 19.7 Å². The summed E-state index contributed by atoms with van der Waals surface area (Å²) < 4.78 is 11.6. The Hall–Kier alpha value is -1.26. The summed E-state index contributed by atoms with van der Waals surface area (Å²) in [4.78, 5) is 0. The summed E-state index contributed by atoms with van der Waals surface area (Å²) in [7, 11) is 0. The molecule has 0 unspecified atom stereocenters. The van der Waals surface area contributed by atoms with Crippen LogP contribution in [0.25, 0.3) is 0 Å². The topological polar surface area (TPSA) is 58.9 Å². The third kappa shape index (κ3) is 3.87. The van der Waals surface area contributed by atoms with Crippen molar-refractivity contribution in [1.82, 2.24) is 0 Å². The highest BCUT2D eigenvalue weighted by Gasteiger charge is 2.16. The second-order valence-corrected chi connectivity index (χ2v) is 5.01. The molecule has 1 rings (SSSR count). The number of aliphatic hydroxyl groups excluding tert-OH is 2. The minimum Gasteiger partial charge on any atom is -0.493 e. The fourth-order valence-electron chi connectivity index (χ4n) is 2.15. The van der Waals surface area contributed by atoms with Crippen molar-refractivity contribution in [3.63, 3.8) is 0 Å². The third-order valence-electron chi connectivity index (χ3n) is 3.59. The zero-order chi connectivity index (χ0) is 15.1. The van der Waals surface area contributed by atoms with Crippen molar-refractivity contribution in [1.29, 1.82) is 0 Å². The van der Waals surface area contributed by atoms with Crippen molar-refractivity contribution in [2.75, 3.05) is 26.4 Å². The van der Waals surface area contributed by atoms with Crippen molar-refractivity contribution in [3.8, 4) is 11.5 Å². The van der Waals surface area contributed by atoms with Gasteiger partial charge in [0.05, 0.1) is 13.2 Å². The van der Waals surface area contributed by atoms with E-state index in [9.17, 15) is 0 Å². The molecule has 0 bridgehead atoms. The molecule has 0 saturated heterocycles. The van der Waals surface area contributed by atoms with Crippen LogP contribution in [0.5, 0.6) is 11.5 Å². The van der Waals surface area contributed by atoms with Crippen LogP contribution in [0.3, 0.4) is 0 Å². The number of aliphatic hydroxyl groups is 2. The monoisotopic (exact) mass is 282 g/mol. The molecule has 0 fully saturated rings. The molecular formula is C16H26O4. The van der Waals surface area contributed by atoms with E-state index in [2.05, 4.69) is 0 Å². The van der Waals surface area contributed by atoms with Crippen LogP contribution >= 0.6 is 0 Å². The summed E-state index contributed by atoms with van der Waals surface area (Å²) in [5.74, 6) is 1.78. The summed E-state index contributed by atoms with van der Waals surface area (Å²) in [5, 5.41) is 17.7. The van der Waals surface area contributed by atoms with Crippen LogP contribution < -0.4 is 9.47 Å². The first-order valence-corrected chi connectivity index (χ1v) is 7.12. The van der Waals surface area contributed by atoms with Gasteiger partial charge in [-0.2, -0.15) is 0 Å². The molecule has 0 amide bonds. The highest BCUT2D eigenvalue weighted by Crippen LogP contribution is 2.37. The smallest absolute Gasteiger partial charge is 0.125 e. The van der Waals surface area contributed by atoms with Crippen molar-refractivity contribution >= 4 is 0 Å². The van der Waals surface area contributed by atoms with E-state index in [0.29, 0.717) is 26.1 Å². The normalized spacial score (nSPS) is 10.7. The SMILES string of the molecule is Cc1c(C)c(OCCCO)c(C)c(C)c1OCCCO. The van der Waals surface area contributed by atoms with Crippen LogP contribution in [0.2, 0.25) is 0 Å². The molecule has 0 aromatic heterocycles. The van der Waals surface area contributed by atoms with Crippen LogP contribution in [0, 0.1) is 27.7 Å². The molecule has 0 radical (unpaired) electrons. The van der Waals surface area contributed by atoms with Crippen molar-refractivity contribution in [2.24, 2.45) is 0 Å². The van der Waals surface area contributed by atoms with Gasteiger partial charge in [-0.05, 0) is 49.9 Å². The van der Waals surface area contributed by atoms with Gasteiger partial charge < -0.3 is 19.7 Å². The second kappa shape index (κ2) is 8.12. The first-order chi connectivity index (χ1) is 9.54. The molecule has 1 aromatic rings. The summed E-state index contributed by atoms with van der Waals surface area (Å²) in [6.07, 6.45) is 1.26. The van der Waals surface area contributed by atoms with Crippen LogP contribution in [-0.2, 0) is 0 Å². The van der Waals surface area contributed by atoms with Crippen LogP contribution in [-0.4, -0.2) is 36.6 Å². The third-order valence-corrected chi connectivity index (χ3v) is 3.59. The molecule has 114 valence electrons. The predicted molar refractivity (Wildman–Crippen MR) is 79.8 cm³/mol. The molecule has 0 spiro atoms. The molecule has 0 aliphatic heterocycles. The van der Waals surface area contributed by atoms with Gasteiger partial charge in [-0.1, -0.05) is 0 Å². The van der Waals surface area contributed by atoms with E-state index in [1.54, 1.807) is 0 Å². The minimum atomic E-state index is 0.137. The van der Waals surface area contributed by atoms with Gasteiger partial charge in [0, 0.05) is 26.1 Å². The molecule has 0 saturated carbocycles. The second-order valence-electron chi connectivity index (χ2n) is 5.01. The number of hydrogen-bond donors (Lipinski definition) is 2. The lowest BCUT2D eigenvalue weighted by molar-refractivity contribution is 0.227. The Morgan fingerprint density at radius 2 is 0.950 bits per heavy atom. The molecule has 2 N–H and O–H groups in total. The lowest BCUT2D eigenvalue weighted by Crippen LogP contribution is -2.08. The zero-order valence-electron chi connectivity index (χ0n) is 13.0. The largest absolute Gasteiger partial charge is 0.493 e. The fraction of sp³-hybridized carbons (Fsp3) is 0.625. The van der Waals surface area contributed by atoms with Crippen LogP contribution in [0.1, 0.15) is 35.1 Å². The quantitative estimate of drug-likeness (QED) is 0.719.